The van der Waals surface area contributed by atoms with Crippen LogP contribution >= 0.6 is 22.7 Å². The fraction of sp³-hybridized carbons (Fsp3) is 0. The molecule has 0 N–H and O–H groups in total. The number of rotatable bonds is 6. The van der Waals surface area contributed by atoms with Gasteiger partial charge in [0, 0.05) is 47.0 Å². The highest BCUT2D eigenvalue weighted by molar-refractivity contribution is 7.27. The van der Waals surface area contributed by atoms with Crippen molar-refractivity contribution in [1.29, 1.82) is 0 Å². The van der Waals surface area contributed by atoms with Gasteiger partial charge in [-0.1, -0.05) is 158 Å². The van der Waals surface area contributed by atoms with Crippen molar-refractivity contribution in [3.63, 3.8) is 0 Å². The van der Waals surface area contributed by atoms with Gasteiger partial charge in [-0.05, 0) is 86.6 Å². The van der Waals surface area contributed by atoms with E-state index in [4.69, 9.17) is 0 Å². The standard InChI is InChI=1S/C52H33NS2/c1-2-11-34(12-3-1)35-23-28-40(29-24-35)53(48-21-10-20-45-44-17-6-7-22-49(44)54-52(45)48)41-30-25-36(26-31-41)38-14-8-15-39(33-38)43-18-9-19-46-47-32-27-37-13-4-5-16-42(37)50(47)55-51(43)46/h1-33H. The molecule has 0 bridgehead atoms. The minimum Gasteiger partial charge on any atom is -0.309 e. The van der Waals surface area contributed by atoms with Gasteiger partial charge in [-0.2, -0.15) is 0 Å². The predicted molar refractivity (Wildman–Crippen MR) is 241 cm³/mol. The zero-order valence-electron chi connectivity index (χ0n) is 29.8. The Labute approximate surface area is 327 Å². The van der Waals surface area contributed by atoms with Gasteiger partial charge in [0.25, 0.3) is 0 Å². The summed E-state index contributed by atoms with van der Waals surface area (Å²) in [6, 6.07) is 73.2. The van der Waals surface area contributed by atoms with Crippen LogP contribution in [0.3, 0.4) is 0 Å². The van der Waals surface area contributed by atoms with Crippen molar-refractivity contribution in [3.8, 4) is 33.4 Å². The summed E-state index contributed by atoms with van der Waals surface area (Å²) in [4.78, 5) is 2.42. The maximum absolute atomic E-state index is 2.42. The predicted octanol–water partition coefficient (Wildman–Crippen LogP) is 16.0. The highest BCUT2D eigenvalue weighted by Gasteiger charge is 2.19. The number of nitrogens with zero attached hydrogens (tertiary/aromatic N) is 1. The zero-order chi connectivity index (χ0) is 36.3. The molecule has 55 heavy (non-hydrogen) atoms. The molecule has 0 radical (unpaired) electrons. The minimum atomic E-state index is 1.12. The van der Waals surface area contributed by atoms with Crippen LogP contribution in [0, 0.1) is 0 Å². The monoisotopic (exact) mass is 735 g/mol. The van der Waals surface area contributed by atoms with E-state index in [1.165, 1.54) is 90.2 Å². The largest absolute Gasteiger partial charge is 0.309 e. The van der Waals surface area contributed by atoms with Gasteiger partial charge >= 0.3 is 0 Å². The lowest BCUT2D eigenvalue weighted by Crippen LogP contribution is -2.10. The van der Waals surface area contributed by atoms with Gasteiger partial charge in [-0.3, -0.25) is 0 Å². The topological polar surface area (TPSA) is 3.24 Å². The molecule has 11 aromatic rings. The Kier molecular flexibility index (Phi) is 7.61. The first-order valence-corrected chi connectivity index (χ1v) is 20.3. The maximum Gasteiger partial charge on any atom is 0.0640 e. The summed E-state index contributed by atoms with van der Waals surface area (Å²) in [7, 11) is 0. The van der Waals surface area contributed by atoms with Gasteiger partial charge in [0.1, 0.15) is 0 Å². The van der Waals surface area contributed by atoms with E-state index in [1.54, 1.807) is 0 Å². The first-order chi connectivity index (χ1) is 27.3. The summed E-state index contributed by atoms with van der Waals surface area (Å²) >= 11 is 3.78. The fourth-order valence-electron chi connectivity index (χ4n) is 8.19. The molecule has 0 unspecified atom stereocenters. The molecule has 258 valence electrons. The van der Waals surface area contributed by atoms with Crippen LogP contribution < -0.4 is 4.90 Å². The third-order valence-corrected chi connectivity index (χ3v) is 13.4. The molecule has 1 nitrogen and oxygen atoms in total. The molecule has 0 saturated heterocycles. The molecule has 0 aliphatic heterocycles. The number of benzene rings is 9. The van der Waals surface area contributed by atoms with Crippen molar-refractivity contribution in [2.45, 2.75) is 0 Å². The average Bonchev–Trinajstić information content (AvgIpc) is 3.84. The van der Waals surface area contributed by atoms with Crippen molar-refractivity contribution in [2.24, 2.45) is 0 Å². The molecule has 0 saturated carbocycles. The highest BCUT2D eigenvalue weighted by atomic mass is 32.1. The quantitative estimate of drug-likeness (QED) is 0.164. The van der Waals surface area contributed by atoms with Crippen LogP contribution in [0.2, 0.25) is 0 Å². The van der Waals surface area contributed by atoms with Crippen molar-refractivity contribution in [1.82, 2.24) is 0 Å². The Morgan fingerprint density at radius 1 is 0.309 bits per heavy atom. The molecule has 2 aromatic heterocycles. The Bertz CT molecular complexity index is 3190. The summed E-state index contributed by atoms with van der Waals surface area (Å²) in [6.07, 6.45) is 0. The van der Waals surface area contributed by atoms with Gasteiger partial charge in [0.15, 0.2) is 0 Å². The van der Waals surface area contributed by atoms with Crippen molar-refractivity contribution < 1.29 is 0 Å². The molecule has 11 rings (SSSR count). The van der Waals surface area contributed by atoms with Gasteiger partial charge in [0.05, 0.1) is 10.4 Å². The molecule has 0 spiro atoms. The maximum atomic E-state index is 2.42. The molecular weight excluding hydrogens is 703 g/mol. The van der Waals surface area contributed by atoms with E-state index in [0.717, 1.165) is 11.4 Å². The summed E-state index contributed by atoms with van der Waals surface area (Å²) in [5.41, 5.74) is 10.8. The average molecular weight is 736 g/mol. The SMILES string of the molecule is c1ccc(-c2ccc(N(c3ccc(-c4cccc(-c5cccc6c5sc5c7ccccc7ccc65)c4)cc3)c3cccc4c3sc3ccccc34)cc2)cc1. The third kappa shape index (κ3) is 5.43. The van der Waals surface area contributed by atoms with Crippen LogP contribution in [0.15, 0.2) is 200 Å². The minimum absolute atomic E-state index is 1.12. The second-order valence-electron chi connectivity index (χ2n) is 14.1. The van der Waals surface area contributed by atoms with Crippen LogP contribution in [-0.2, 0) is 0 Å². The van der Waals surface area contributed by atoms with Crippen LogP contribution in [0.25, 0.3) is 84.5 Å². The van der Waals surface area contributed by atoms with E-state index in [-0.39, 0.29) is 0 Å². The first kappa shape index (κ1) is 32.0. The molecule has 0 aliphatic carbocycles. The third-order valence-electron chi connectivity index (χ3n) is 10.9. The van der Waals surface area contributed by atoms with Crippen molar-refractivity contribution in [3.05, 3.63) is 200 Å². The van der Waals surface area contributed by atoms with Gasteiger partial charge in [0.2, 0.25) is 0 Å². The molecule has 3 heteroatoms. The Morgan fingerprint density at radius 2 is 0.873 bits per heavy atom. The van der Waals surface area contributed by atoms with E-state index in [0.29, 0.717) is 0 Å². The number of fused-ring (bicyclic) bond motifs is 8. The lowest BCUT2D eigenvalue weighted by atomic mass is 9.97. The van der Waals surface area contributed by atoms with E-state index in [1.807, 2.05) is 22.7 Å². The Morgan fingerprint density at radius 3 is 1.67 bits per heavy atom. The Balaban J connectivity index is 1.00. The van der Waals surface area contributed by atoms with Crippen molar-refractivity contribution in [2.75, 3.05) is 4.90 Å². The smallest absolute Gasteiger partial charge is 0.0640 e. The highest BCUT2D eigenvalue weighted by Crippen LogP contribution is 2.46. The van der Waals surface area contributed by atoms with E-state index in [9.17, 15) is 0 Å². The van der Waals surface area contributed by atoms with Gasteiger partial charge in [-0.15, -0.1) is 22.7 Å². The van der Waals surface area contributed by atoms with Crippen LogP contribution in [0.4, 0.5) is 17.1 Å². The van der Waals surface area contributed by atoms with Crippen LogP contribution in [0.5, 0.6) is 0 Å². The lowest BCUT2D eigenvalue weighted by molar-refractivity contribution is 1.30. The van der Waals surface area contributed by atoms with Gasteiger partial charge < -0.3 is 4.90 Å². The summed E-state index contributed by atoms with van der Waals surface area (Å²) in [5.74, 6) is 0. The van der Waals surface area contributed by atoms with E-state index < -0.39 is 0 Å². The van der Waals surface area contributed by atoms with Gasteiger partial charge in [-0.25, -0.2) is 0 Å². The molecule has 0 aliphatic rings. The number of hydrogen-bond acceptors (Lipinski definition) is 3. The second kappa shape index (κ2) is 13.1. The van der Waals surface area contributed by atoms with E-state index >= 15 is 0 Å². The van der Waals surface area contributed by atoms with Crippen molar-refractivity contribution >= 4 is 90.9 Å². The normalized spacial score (nSPS) is 11.6. The lowest BCUT2D eigenvalue weighted by Gasteiger charge is -2.26. The summed E-state index contributed by atoms with van der Waals surface area (Å²) < 4.78 is 5.29. The fourth-order valence-corrected chi connectivity index (χ4v) is 10.8. The first-order valence-electron chi connectivity index (χ1n) is 18.7. The molecule has 2 heterocycles. The molecule has 0 fully saturated rings. The summed E-state index contributed by atoms with van der Waals surface area (Å²) in [5, 5.41) is 7.86. The molecular formula is C52H33NS2. The summed E-state index contributed by atoms with van der Waals surface area (Å²) in [6.45, 7) is 0. The number of anilines is 3. The second-order valence-corrected chi connectivity index (χ2v) is 16.1. The molecule has 9 aromatic carbocycles. The molecule has 0 amide bonds. The number of hydrogen-bond donors (Lipinski definition) is 0. The zero-order valence-corrected chi connectivity index (χ0v) is 31.4. The number of thiophene rings is 2. The van der Waals surface area contributed by atoms with Crippen LogP contribution in [-0.4, -0.2) is 0 Å². The van der Waals surface area contributed by atoms with E-state index in [2.05, 4.69) is 205 Å². The Hall–Kier alpha value is -6.52. The molecule has 0 atom stereocenters. The van der Waals surface area contributed by atoms with Crippen LogP contribution in [0.1, 0.15) is 0 Å².